The molecule has 0 radical (unpaired) electrons. The first-order valence-corrected chi connectivity index (χ1v) is 10.7. The fourth-order valence-electron chi connectivity index (χ4n) is 3.53. The lowest BCUT2D eigenvalue weighted by molar-refractivity contribution is 0.0949. The number of halogens is 1. The molecule has 1 unspecified atom stereocenters. The van der Waals surface area contributed by atoms with Crippen molar-refractivity contribution in [3.63, 3.8) is 0 Å². The third-order valence-electron chi connectivity index (χ3n) is 4.71. The number of hydrogen-bond acceptors (Lipinski definition) is 6. The van der Waals surface area contributed by atoms with E-state index in [2.05, 4.69) is 37.5 Å². The Morgan fingerprint density at radius 3 is 2.79 bits per heavy atom. The molecular formula is C20H25BrN4O3S. The second kappa shape index (κ2) is 8.81. The van der Waals surface area contributed by atoms with Crippen LogP contribution in [0.25, 0.3) is 0 Å². The number of hydrogen-bond donors (Lipinski definition) is 2. The Balaban J connectivity index is 1.89. The van der Waals surface area contributed by atoms with Gasteiger partial charge in [0.15, 0.2) is 0 Å². The summed E-state index contributed by atoms with van der Waals surface area (Å²) >= 11 is 5.14. The first-order chi connectivity index (χ1) is 13.7. The number of benzene rings is 1. The minimum atomic E-state index is -0.261. The predicted molar refractivity (Wildman–Crippen MR) is 121 cm³/mol. The topological polar surface area (TPSA) is 77.7 Å². The van der Waals surface area contributed by atoms with Gasteiger partial charge in [-0.3, -0.25) is 9.59 Å². The molecule has 0 spiro atoms. The van der Waals surface area contributed by atoms with Crippen molar-refractivity contribution in [3.8, 4) is 5.75 Å². The molecule has 0 aliphatic carbocycles. The highest BCUT2D eigenvalue weighted by molar-refractivity contribution is 9.10. The minimum Gasteiger partial charge on any atom is -0.496 e. The van der Waals surface area contributed by atoms with Crippen molar-refractivity contribution in [2.75, 3.05) is 32.1 Å². The number of H-pyrrole nitrogens is 1. The fourth-order valence-corrected chi connectivity index (χ4v) is 4.90. The van der Waals surface area contributed by atoms with Crippen molar-refractivity contribution in [2.45, 2.75) is 26.3 Å². The van der Waals surface area contributed by atoms with E-state index in [1.807, 2.05) is 30.5 Å². The van der Waals surface area contributed by atoms with Crippen molar-refractivity contribution < 1.29 is 9.53 Å². The van der Waals surface area contributed by atoms with E-state index in [0.717, 1.165) is 22.3 Å². The molecule has 0 bridgehead atoms. The molecule has 156 valence electrons. The number of carbonyl (C=O) groups excluding carboxylic acids is 1. The molecule has 2 aromatic rings. The molecule has 3 rings (SSSR count). The van der Waals surface area contributed by atoms with E-state index in [4.69, 9.17) is 4.74 Å². The molecule has 0 saturated heterocycles. The number of nitrogens with zero attached hydrogens (tertiary/aromatic N) is 2. The van der Waals surface area contributed by atoms with Gasteiger partial charge in [0.1, 0.15) is 5.75 Å². The zero-order valence-corrected chi connectivity index (χ0v) is 19.5. The minimum absolute atomic E-state index is 0.0868. The van der Waals surface area contributed by atoms with Crippen LogP contribution in [0.4, 0.5) is 5.69 Å². The Morgan fingerprint density at radius 2 is 2.14 bits per heavy atom. The summed E-state index contributed by atoms with van der Waals surface area (Å²) in [4.78, 5) is 28.1. The Labute approximate surface area is 183 Å². The van der Waals surface area contributed by atoms with Crippen LogP contribution in [0.1, 0.15) is 40.0 Å². The summed E-state index contributed by atoms with van der Waals surface area (Å²) in [5.74, 6) is 0.463. The summed E-state index contributed by atoms with van der Waals surface area (Å²) in [5.41, 5.74) is 3.51. The van der Waals surface area contributed by atoms with Crippen molar-refractivity contribution in [1.82, 2.24) is 14.6 Å². The average Bonchev–Trinajstić information content (AvgIpc) is 2.94. The number of methoxy groups -OCH3 is 1. The Kier molecular flexibility index (Phi) is 6.60. The number of aryl methyl sites for hydroxylation is 1. The van der Waals surface area contributed by atoms with E-state index in [-0.39, 0.29) is 23.9 Å². The van der Waals surface area contributed by atoms with Gasteiger partial charge in [-0.1, -0.05) is 22.9 Å². The molecule has 1 aromatic heterocycles. The molecule has 0 saturated carbocycles. The van der Waals surface area contributed by atoms with Crippen LogP contribution >= 0.6 is 28.1 Å². The van der Waals surface area contributed by atoms with Crippen molar-refractivity contribution in [1.29, 1.82) is 0 Å². The van der Waals surface area contributed by atoms with Gasteiger partial charge in [-0.25, -0.2) is 4.31 Å². The van der Waals surface area contributed by atoms with Crippen molar-refractivity contribution >= 4 is 39.7 Å². The maximum Gasteiger partial charge on any atom is 0.256 e. The molecule has 0 fully saturated rings. The van der Waals surface area contributed by atoms with Crippen LogP contribution in [0.3, 0.4) is 0 Å². The summed E-state index contributed by atoms with van der Waals surface area (Å²) in [5, 5.41) is 2.89. The molecule has 1 aromatic carbocycles. The SMILES string of the molecule is COc1cc(C)[nH]c(=O)c1CNC(=O)c1cc(Br)cc2c1C(C)CN2SN(C)C. The molecule has 7 nitrogen and oxygen atoms in total. The number of ether oxygens (including phenoxy) is 1. The maximum atomic E-state index is 13.1. The number of amides is 1. The molecule has 2 heterocycles. The molecule has 9 heteroatoms. The van der Waals surface area contributed by atoms with Crippen LogP contribution < -0.4 is 19.9 Å². The largest absolute Gasteiger partial charge is 0.496 e. The molecule has 29 heavy (non-hydrogen) atoms. The Bertz CT molecular complexity index is 992. The van der Waals surface area contributed by atoms with Gasteiger partial charge in [0.2, 0.25) is 0 Å². The fraction of sp³-hybridized carbons (Fsp3) is 0.400. The second-order valence-electron chi connectivity index (χ2n) is 7.25. The lowest BCUT2D eigenvalue weighted by Gasteiger charge is -2.22. The summed E-state index contributed by atoms with van der Waals surface area (Å²) < 4.78 is 10.4. The number of nitrogens with one attached hydrogen (secondary N) is 2. The summed E-state index contributed by atoms with van der Waals surface area (Å²) in [7, 11) is 5.50. The van der Waals surface area contributed by atoms with Crippen LogP contribution in [-0.4, -0.2) is 42.9 Å². The number of anilines is 1. The van der Waals surface area contributed by atoms with Crippen molar-refractivity contribution in [3.05, 3.63) is 55.4 Å². The van der Waals surface area contributed by atoms with Crippen LogP contribution in [0, 0.1) is 6.92 Å². The number of carbonyl (C=O) groups is 1. The first kappa shape index (κ1) is 21.7. The summed E-state index contributed by atoms with van der Waals surface area (Å²) in [6.45, 7) is 4.81. The number of aromatic nitrogens is 1. The van der Waals surface area contributed by atoms with Gasteiger partial charge in [-0.05, 0) is 44.8 Å². The molecular weight excluding hydrogens is 456 g/mol. The van der Waals surface area contributed by atoms with Gasteiger partial charge in [-0.15, -0.1) is 0 Å². The van der Waals surface area contributed by atoms with Gasteiger partial charge >= 0.3 is 0 Å². The van der Waals surface area contributed by atoms with Gasteiger partial charge in [0.25, 0.3) is 11.5 Å². The van der Waals surface area contributed by atoms with E-state index in [0.29, 0.717) is 22.6 Å². The third kappa shape index (κ3) is 4.62. The number of aromatic amines is 1. The smallest absolute Gasteiger partial charge is 0.256 e. The monoisotopic (exact) mass is 480 g/mol. The molecule has 1 aliphatic heterocycles. The Hall–Kier alpha value is -1.97. The highest BCUT2D eigenvalue weighted by Crippen LogP contribution is 2.43. The molecule has 1 aliphatic rings. The number of rotatable bonds is 6. The summed E-state index contributed by atoms with van der Waals surface area (Å²) in [6.07, 6.45) is 0. The average molecular weight is 481 g/mol. The second-order valence-corrected chi connectivity index (χ2v) is 9.50. The van der Waals surface area contributed by atoms with Gasteiger partial charge < -0.3 is 19.3 Å². The Morgan fingerprint density at radius 1 is 1.41 bits per heavy atom. The first-order valence-electron chi connectivity index (χ1n) is 9.22. The summed E-state index contributed by atoms with van der Waals surface area (Å²) in [6, 6.07) is 5.63. The quantitative estimate of drug-likeness (QED) is 0.616. The zero-order chi connectivity index (χ0) is 21.3. The highest BCUT2D eigenvalue weighted by Gasteiger charge is 2.31. The standard InChI is InChI=1S/C20H25BrN4O3S/c1-11-10-25(29-24(3)4)16-8-13(21)7-14(18(11)16)19(26)22-9-15-17(28-5)6-12(2)23-20(15)27/h6-8,11H,9-10H2,1-5H3,(H,22,26)(H,23,27). The van der Waals surface area contributed by atoms with Gasteiger partial charge in [0, 0.05) is 40.3 Å². The third-order valence-corrected chi connectivity index (χ3v) is 6.03. The van der Waals surface area contributed by atoms with E-state index in [1.54, 1.807) is 25.1 Å². The lowest BCUT2D eigenvalue weighted by atomic mass is 9.97. The van der Waals surface area contributed by atoms with Crippen LogP contribution in [-0.2, 0) is 6.54 Å². The van der Waals surface area contributed by atoms with Gasteiger partial charge in [-0.2, -0.15) is 0 Å². The molecule has 1 atom stereocenters. The lowest BCUT2D eigenvalue weighted by Crippen LogP contribution is -2.28. The van der Waals surface area contributed by atoms with E-state index < -0.39 is 0 Å². The predicted octanol–water partition coefficient (Wildman–Crippen LogP) is 3.43. The van der Waals surface area contributed by atoms with Crippen LogP contribution in [0.5, 0.6) is 5.75 Å². The van der Waals surface area contributed by atoms with Crippen molar-refractivity contribution in [2.24, 2.45) is 0 Å². The molecule has 1 amide bonds. The number of fused-ring (bicyclic) bond motifs is 1. The van der Waals surface area contributed by atoms with E-state index in [1.165, 1.54) is 7.11 Å². The van der Waals surface area contributed by atoms with Crippen LogP contribution in [0.2, 0.25) is 0 Å². The van der Waals surface area contributed by atoms with Gasteiger partial charge in [0.05, 0.1) is 24.9 Å². The van der Waals surface area contributed by atoms with Crippen LogP contribution in [0.15, 0.2) is 27.5 Å². The normalized spacial score (nSPS) is 15.6. The van der Waals surface area contributed by atoms with E-state index >= 15 is 0 Å². The zero-order valence-electron chi connectivity index (χ0n) is 17.1. The van der Waals surface area contributed by atoms with E-state index in [9.17, 15) is 9.59 Å². The maximum absolute atomic E-state index is 13.1. The molecule has 2 N–H and O–H groups in total. The number of pyridine rings is 1. The highest BCUT2D eigenvalue weighted by atomic mass is 79.9.